The van der Waals surface area contributed by atoms with Crippen molar-refractivity contribution < 1.29 is 14.6 Å². The Morgan fingerprint density at radius 3 is 2.33 bits per heavy atom. The van der Waals surface area contributed by atoms with Gasteiger partial charge in [0, 0.05) is 26.2 Å². The van der Waals surface area contributed by atoms with E-state index in [2.05, 4.69) is 0 Å². The molecule has 1 fully saturated rings. The number of carbonyl (C=O) groups is 1. The summed E-state index contributed by atoms with van der Waals surface area (Å²) in [6.07, 6.45) is 0.625. The predicted octanol–water partition coefficient (Wildman–Crippen LogP) is 0.563. The van der Waals surface area contributed by atoms with E-state index in [4.69, 9.17) is 15.6 Å². The van der Waals surface area contributed by atoms with Crippen molar-refractivity contribution in [3.05, 3.63) is 0 Å². The Bertz CT molecular complexity index is 201. The van der Waals surface area contributed by atoms with Crippen LogP contribution in [-0.4, -0.2) is 47.9 Å². The third kappa shape index (κ3) is 5.59. The molecule has 0 aromatic rings. The zero-order chi connectivity index (χ0) is 12.1. The van der Waals surface area contributed by atoms with Gasteiger partial charge in [0.1, 0.15) is 5.60 Å². The molecule has 1 aliphatic rings. The molecule has 0 bridgehead atoms. The van der Waals surface area contributed by atoms with Crippen LogP contribution in [0.3, 0.4) is 0 Å². The van der Waals surface area contributed by atoms with Gasteiger partial charge < -0.3 is 20.5 Å². The van der Waals surface area contributed by atoms with Gasteiger partial charge in [-0.25, -0.2) is 4.79 Å². The molecule has 1 aliphatic heterocycles. The number of carbonyl (C=O) groups excluding carboxylic acids is 1. The summed E-state index contributed by atoms with van der Waals surface area (Å²) >= 11 is 0. The maximum Gasteiger partial charge on any atom is 0.410 e. The molecule has 1 rings (SSSR count). The molecule has 1 saturated heterocycles. The van der Waals surface area contributed by atoms with E-state index in [0.29, 0.717) is 6.54 Å². The Morgan fingerprint density at radius 2 is 2.00 bits per heavy atom. The largest absolute Gasteiger partial charge is 0.444 e. The van der Waals surface area contributed by atoms with Gasteiger partial charge in [0.2, 0.25) is 0 Å². The smallest absolute Gasteiger partial charge is 0.410 e. The minimum absolute atomic E-state index is 0.118. The van der Waals surface area contributed by atoms with Crippen molar-refractivity contribution in [3.63, 3.8) is 0 Å². The van der Waals surface area contributed by atoms with Crippen molar-refractivity contribution in [2.75, 3.05) is 20.2 Å². The van der Waals surface area contributed by atoms with Crippen molar-refractivity contribution in [1.82, 2.24) is 4.90 Å². The fourth-order valence-corrected chi connectivity index (χ4v) is 1.28. The average molecular weight is 218 g/mol. The molecule has 3 N–H and O–H groups in total. The molecular weight excluding hydrogens is 196 g/mol. The lowest BCUT2D eigenvalue weighted by Gasteiger charge is -2.24. The highest BCUT2D eigenvalue weighted by Gasteiger charge is 2.27. The van der Waals surface area contributed by atoms with E-state index in [1.807, 2.05) is 20.8 Å². The molecule has 90 valence electrons. The Kier molecular flexibility index (Phi) is 5.60. The average Bonchev–Trinajstić information content (AvgIpc) is 2.52. The minimum atomic E-state index is -0.413. The molecular formula is C10H22N2O3. The lowest BCUT2D eigenvalue weighted by atomic mass is 10.2. The molecule has 1 atom stereocenters. The Balaban J connectivity index is 0.000000921. The molecule has 5 nitrogen and oxygen atoms in total. The Morgan fingerprint density at radius 1 is 1.47 bits per heavy atom. The highest BCUT2D eigenvalue weighted by Crippen LogP contribution is 2.13. The third-order valence-electron chi connectivity index (χ3n) is 1.88. The van der Waals surface area contributed by atoms with Crippen LogP contribution in [0.5, 0.6) is 0 Å². The minimum Gasteiger partial charge on any atom is -0.444 e. The van der Waals surface area contributed by atoms with Crippen LogP contribution in [0.25, 0.3) is 0 Å². The van der Waals surface area contributed by atoms with Crippen LogP contribution in [0.15, 0.2) is 0 Å². The molecule has 0 aromatic heterocycles. The summed E-state index contributed by atoms with van der Waals surface area (Å²) in [7, 11) is 1.00. The number of likely N-dealkylation sites (tertiary alicyclic amines) is 1. The van der Waals surface area contributed by atoms with Crippen molar-refractivity contribution in [1.29, 1.82) is 0 Å². The number of aliphatic hydroxyl groups is 1. The summed E-state index contributed by atoms with van der Waals surface area (Å²) in [5, 5.41) is 7.00. The first kappa shape index (κ1) is 14.2. The van der Waals surface area contributed by atoms with Gasteiger partial charge >= 0.3 is 6.09 Å². The highest BCUT2D eigenvalue weighted by molar-refractivity contribution is 5.68. The van der Waals surface area contributed by atoms with Crippen LogP contribution in [-0.2, 0) is 4.74 Å². The second-order valence-corrected chi connectivity index (χ2v) is 4.48. The topological polar surface area (TPSA) is 75.8 Å². The highest BCUT2D eigenvalue weighted by atomic mass is 16.6. The van der Waals surface area contributed by atoms with E-state index >= 15 is 0 Å². The number of ether oxygens (including phenoxy) is 1. The van der Waals surface area contributed by atoms with Crippen molar-refractivity contribution >= 4 is 6.09 Å². The van der Waals surface area contributed by atoms with Crippen LogP contribution in [0, 0.1) is 0 Å². The lowest BCUT2D eigenvalue weighted by Crippen LogP contribution is -2.36. The van der Waals surface area contributed by atoms with Gasteiger partial charge in [-0.3, -0.25) is 0 Å². The molecule has 0 aliphatic carbocycles. The standard InChI is InChI=1S/C9H18N2O2.CH4O/c1-9(2,3)13-8(12)11-5-4-7(10)6-11;1-2/h7H,4-6,10H2,1-3H3;2H,1H3. The summed E-state index contributed by atoms with van der Waals surface area (Å²) in [5.74, 6) is 0. The van der Waals surface area contributed by atoms with Crippen LogP contribution >= 0.6 is 0 Å². The van der Waals surface area contributed by atoms with E-state index in [-0.39, 0.29) is 12.1 Å². The normalized spacial score (nSPS) is 20.7. The fraction of sp³-hybridized carbons (Fsp3) is 0.900. The number of amides is 1. The first-order valence-electron chi connectivity index (χ1n) is 5.07. The SMILES string of the molecule is CC(C)(C)OC(=O)N1CCC(N)C1.CO. The predicted molar refractivity (Wildman–Crippen MR) is 58.5 cm³/mol. The molecule has 0 aromatic carbocycles. The fourth-order valence-electron chi connectivity index (χ4n) is 1.28. The van der Waals surface area contributed by atoms with E-state index in [9.17, 15) is 4.79 Å². The van der Waals surface area contributed by atoms with Gasteiger partial charge in [-0.1, -0.05) is 0 Å². The lowest BCUT2D eigenvalue weighted by molar-refractivity contribution is 0.0292. The van der Waals surface area contributed by atoms with E-state index in [1.165, 1.54) is 0 Å². The number of nitrogens with two attached hydrogens (primary N) is 1. The zero-order valence-corrected chi connectivity index (χ0v) is 9.99. The molecule has 0 saturated carbocycles. The molecule has 5 heteroatoms. The summed E-state index contributed by atoms with van der Waals surface area (Å²) < 4.78 is 5.20. The maximum atomic E-state index is 11.5. The van der Waals surface area contributed by atoms with Crippen LogP contribution in [0.2, 0.25) is 0 Å². The molecule has 1 amide bonds. The molecule has 0 radical (unpaired) electrons. The van der Waals surface area contributed by atoms with Gasteiger partial charge in [-0.15, -0.1) is 0 Å². The first-order valence-corrected chi connectivity index (χ1v) is 5.07. The maximum absolute atomic E-state index is 11.5. The summed E-state index contributed by atoms with van der Waals surface area (Å²) in [6.45, 7) is 6.92. The van der Waals surface area contributed by atoms with Gasteiger partial charge in [-0.2, -0.15) is 0 Å². The Labute approximate surface area is 91.2 Å². The molecule has 15 heavy (non-hydrogen) atoms. The number of aliphatic hydroxyl groups excluding tert-OH is 1. The van der Waals surface area contributed by atoms with Crippen LogP contribution in [0.4, 0.5) is 4.79 Å². The van der Waals surface area contributed by atoms with Gasteiger partial charge in [-0.05, 0) is 27.2 Å². The zero-order valence-electron chi connectivity index (χ0n) is 9.99. The second-order valence-electron chi connectivity index (χ2n) is 4.48. The van der Waals surface area contributed by atoms with E-state index < -0.39 is 5.60 Å². The number of nitrogens with zero attached hydrogens (tertiary/aromatic N) is 1. The van der Waals surface area contributed by atoms with E-state index in [0.717, 1.165) is 20.1 Å². The van der Waals surface area contributed by atoms with Gasteiger partial charge in [0.25, 0.3) is 0 Å². The molecule has 1 heterocycles. The van der Waals surface area contributed by atoms with Crippen molar-refractivity contribution in [2.24, 2.45) is 5.73 Å². The third-order valence-corrected chi connectivity index (χ3v) is 1.88. The van der Waals surface area contributed by atoms with Gasteiger partial charge in [0.05, 0.1) is 0 Å². The van der Waals surface area contributed by atoms with Crippen molar-refractivity contribution in [3.8, 4) is 0 Å². The summed E-state index contributed by atoms with van der Waals surface area (Å²) in [4.78, 5) is 13.1. The second kappa shape index (κ2) is 5.92. The molecule has 1 unspecified atom stereocenters. The number of hydrogen-bond donors (Lipinski definition) is 2. The monoisotopic (exact) mass is 218 g/mol. The summed E-state index contributed by atoms with van der Waals surface area (Å²) in [5.41, 5.74) is 5.26. The first-order chi connectivity index (χ1) is 6.88. The van der Waals surface area contributed by atoms with Crippen molar-refractivity contribution in [2.45, 2.75) is 38.8 Å². The van der Waals surface area contributed by atoms with Gasteiger partial charge in [0.15, 0.2) is 0 Å². The van der Waals surface area contributed by atoms with Crippen LogP contribution in [0.1, 0.15) is 27.2 Å². The summed E-state index contributed by atoms with van der Waals surface area (Å²) in [6, 6.07) is 0.118. The number of hydrogen-bond acceptors (Lipinski definition) is 4. The van der Waals surface area contributed by atoms with Crippen LogP contribution < -0.4 is 5.73 Å². The quantitative estimate of drug-likeness (QED) is 0.623. The number of rotatable bonds is 0. The Hall–Kier alpha value is -0.810. The van der Waals surface area contributed by atoms with E-state index in [1.54, 1.807) is 4.90 Å². The molecule has 0 spiro atoms.